The van der Waals surface area contributed by atoms with E-state index in [-0.39, 0.29) is 12.4 Å². The molecule has 0 fully saturated rings. The maximum absolute atomic E-state index is 13.3. The molecule has 2 N–H and O–H groups in total. The van der Waals surface area contributed by atoms with Gasteiger partial charge in [-0.3, -0.25) is 0 Å². The first kappa shape index (κ1) is 13.1. The van der Waals surface area contributed by atoms with Gasteiger partial charge in [-0.05, 0) is 51.3 Å². The number of benzene rings is 2. The Morgan fingerprint density at radius 1 is 1.11 bits per heavy atom. The van der Waals surface area contributed by atoms with Crippen LogP contribution in [0, 0.1) is 5.82 Å². The molecule has 0 aliphatic heterocycles. The Morgan fingerprint density at radius 3 is 2.67 bits per heavy atom. The summed E-state index contributed by atoms with van der Waals surface area (Å²) in [6, 6.07) is 12.5. The summed E-state index contributed by atoms with van der Waals surface area (Å²) < 4.78 is 13.8. The van der Waals surface area contributed by atoms with Crippen molar-refractivity contribution in [3.63, 3.8) is 0 Å². The number of hydrogen-bond acceptors (Lipinski definition) is 2. The topological polar surface area (TPSA) is 32.3 Å². The van der Waals surface area contributed by atoms with Gasteiger partial charge in [-0.2, -0.15) is 0 Å². The van der Waals surface area contributed by atoms with Crippen molar-refractivity contribution in [3.05, 3.63) is 63.9 Å². The highest BCUT2D eigenvalue weighted by Crippen LogP contribution is 2.17. The zero-order chi connectivity index (χ0) is 13.0. The maximum atomic E-state index is 13.3. The average Bonchev–Trinajstić information content (AvgIpc) is 2.40. The molecule has 2 aromatic carbocycles. The molecule has 0 saturated carbocycles. The summed E-state index contributed by atoms with van der Waals surface area (Å²) in [6.07, 6.45) is 0. The van der Waals surface area contributed by atoms with Crippen LogP contribution in [0.1, 0.15) is 11.1 Å². The second kappa shape index (κ2) is 5.98. The third kappa shape index (κ3) is 3.31. The van der Waals surface area contributed by atoms with Gasteiger partial charge >= 0.3 is 0 Å². The Kier molecular flexibility index (Phi) is 4.33. The van der Waals surface area contributed by atoms with Crippen molar-refractivity contribution in [2.75, 3.05) is 5.32 Å². The Bertz CT molecular complexity index is 545. The third-order valence-corrected chi connectivity index (χ3v) is 3.23. The van der Waals surface area contributed by atoms with Crippen LogP contribution < -0.4 is 5.32 Å². The van der Waals surface area contributed by atoms with E-state index in [1.54, 1.807) is 6.07 Å². The Labute approximate surface area is 114 Å². The van der Waals surface area contributed by atoms with Crippen molar-refractivity contribution in [1.82, 2.24) is 0 Å². The lowest BCUT2D eigenvalue weighted by atomic mass is 10.2. The normalized spacial score (nSPS) is 10.4. The highest BCUT2D eigenvalue weighted by molar-refractivity contribution is 9.10. The van der Waals surface area contributed by atoms with Crippen LogP contribution in [0.25, 0.3) is 0 Å². The molecular weight excluding hydrogens is 297 g/mol. The van der Waals surface area contributed by atoms with Gasteiger partial charge in [0, 0.05) is 12.2 Å². The molecule has 0 spiro atoms. The molecule has 2 rings (SSSR count). The molecule has 0 atom stereocenters. The fourth-order valence-corrected chi connectivity index (χ4v) is 1.88. The van der Waals surface area contributed by atoms with E-state index in [0.29, 0.717) is 11.0 Å². The number of halogens is 2. The monoisotopic (exact) mass is 309 g/mol. The van der Waals surface area contributed by atoms with E-state index < -0.39 is 0 Å². The summed E-state index contributed by atoms with van der Waals surface area (Å²) in [5.74, 6) is -0.265. The van der Waals surface area contributed by atoms with Crippen molar-refractivity contribution in [2.24, 2.45) is 0 Å². The summed E-state index contributed by atoms with van der Waals surface area (Å²) in [5, 5.41) is 12.2. The first-order chi connectivity index (χ1) is 8.69. The van der Waals surface area contributed by atoms with Gasteiger partial charge in [0.25, 0.3) is 0 Å². The van der Waals surface area contributed by atoms with Gasteiger partial charge in [0.1, 0.15) is 5.82 Å². The van der Waals surface area contributed by atoms with Crippen LogP contribution in [0.4, 0.5) is 10.1 Å². The average molecular weight is 310 g/mol. The molecular formula is C14H13BrFNO. The van der Waals surface area contributed by atoms with E-state index in [1.165, 1.54) is 6.07 Å². The lowest BCUT2D eigenvalue weighted by Crippen LogP contribution is -2.00. The van der Waals surface area contributed by atoms with Crippen molar-refractivity contribution >= 4 is 21.6 Å². The van der Waals surface area contributed by atoms with E-state index in [4.69, 9.17) is 5.11 Å². The van der Waals surface area contributed by atoms with Crippen molar-refractivity contribution in [1.29, 1.82) is 0 Å². The SMILES string of the molecule is OCc1cccc(NCc2ccc(Br)c(F)c2)c1. The van der Waals surface area contributed by atoms with E-state index in [1.807, 2.05) is 30.3 Å². The summed E-state index contributed by atoms with van der Waals surface area (Å²) in [5.41, 5.74) is 2.62. The molecule has 0 saturated heterocycles. The largest absolute Gasteiger partial charge is 0.392 e. The highest BCUT2D eigenvalue weighted by Gasteiger charge is 2.01. The quantitative estimate of drug-likeness (QED) is 0.902. The van der Waals surface area contributed by atoms with Crippen LogP contribution in [0.2, 0.25) is 0 Å². The Balaban J connectivity index is 2.04. The molecule has 18 heavy (non-hydrogen) atoms. The summed E-state index contributed by atoms with van der Waals surface area (Å²) >= 11 is 3.12. The van der Waals surface area contributed by atoms with Gasteiger partial charge in [-0.1, -0.05) is 18.2 Å². The second-order valence-corrected chi connectivity index (χ2v) is 4.81. The van der Waals surface area contributed by atoms with Crippen LogP contribution in [0.15, 0.2) is 46.9 Å². The van der Waals surface area contributed by atoms with Gasteiger partial charge in [0.15, 0.2) is 0 Å². The van der Waals surface area contributed by atoms with E-state index >= 15 is 0 Å². The van der Waals surface area contributed by atoms with E-state index in [2.05, 4.69) is 21.2 Å². The minimum absolute atomic E-state index is 0.0163. The fraction of sp³-hybridized carbons (Fsp3) is 0.143. The van der Waals surface area contributed by atoms with Crippen LogP contribution in [0.3, 0.4) is 0 Å². The zero-order valence-corrected chi connectivity index (χ0v) is 11.2. The minimum atomic E-state index is -0.265. The Morgan fingerprint density at radius 2 is 1.94 bits per heavy atom. The van der Waals surface area contributed by atoms with Gasteiger partial charge in [0.2, 0.25) is 0 Å². The minimum Gasteiger partial charge on any atom is -0.392 e. The number of anilines is 1. The summed E-state index contributed by atoms with van der Waals surface area (Å²) in [7, 11) is 0. The molecule has 2 nitrogen and oxygen atoms in total. The first-order valence-corrected chi connectivity index (χ1v) is 6.36. The highest BCUT2D eigenvalue weighted by atomic mass is 79.9. The number of aliphatic hydroxyl groups excluding tert-OH is 1. The molecule has 0 radical (unpaired) electrons. The van der Waals surface area contributed by atoms with Crippen molar-refractivity contribution in [3.8, 4) is 0 Å². The van der Waals surface area contributed by atoms with E-state index in [9.17, 15) is 4.39 Å². The van der Waals surface area contributed by atoms with Crippen LogP contribution in [-0.4, -0.2) is 5.11 Å². The predicted molar refractivity (Wildman–Crippen MR) is 73.8 cm³/mol. The van der Waals surface area contributed by atoms with Gasteiger partial charge in [-0.15, -0.1) is 0 Å². The smallest absolute Gasteiger partial charge is 0.137 e. The second-order valence-electron chi connectivity index (χ2n) is 3.96. The predicted octanol–water partition coefficient (Wildman–Crippen LogP) is 3.69. The summed E-state index contributed by atoms with van der Waals surface area (Å²) in [6.45, 7) is 0.557. The number of rotatable bonds is 4. The lowest BCUT2D eigenvalue weighted by Gasteiger charge is -2.08. The molecule has 4 heteroatoms. The van der Waals surface area contributed by atoms with Crippen LogP contribution in [0.5, 0.6) is 0 Å². The molecule has 0 aromatic heterocycles. The molecule has 0 aliphatic carbocycles. The summed E-state index contributed by atoms with van der Waals surface area (Å²) in [4.78, 5) is 0. The molecule has 2 aromatic rings. The standard InChI is InChI=1S/C14H13BrFNO/c15-13-5-4-10(7-14(13)16)8-17-12-3-1-2-11(6-12)9-18/h1-7,17-18H,8-9H2. The van der Waals surface area contributed by atoms with Crippen molar-refractivity contribution < 1.29 is 9.50 Å². The van der Waals surface area contributed by atoms with Crippen molar-refractivity contribution in [2.45, 2.75) is 13.2 Å². The number of nitrogens with one attached hydrogen (secondary N) is 1. The molecule has 0 bridgehead atoms. The number of aliphatic hydroxyl groups is 1. The lowest BCUT2D eigenvalue weighted by molar-refractivity contribution is 0.282. The molecule has 0 aliphatic rings. The van der Waals surface area contributed by atoms with Gasteiger partial charge < -0.3 is 10.4 Å². The number of hydrogen-bond donors (Lipinski definition) is 2. The fourth-order valence-electron chi connectivity index (χ4n) is 1.63. The molecule has 0 heterocycles. The Hall–Kier alpha value is -1.39. The first-order valence-electron chi connectivity index (χ1n) is 5.56. The molecule has 94 valence electrons. The third-order valence-electron chi connectivity index (χ3n) is 2.59. The van der Waals surface area contributed by atoms with E-state index in [0.717, 1.165) is 16.8 Å². The maximum Gasteiger partial charge on any atom is 0.137 e. The van der Waals surface area contributed by atoms with Gasteiger partial charge in [0.05, 0.1) is 11.1 Å². The molecule has 0 unspecified atom stereocenters. The van der Waals surface area contributed by atoms with Crippen LogP contribution >= 0.6 is 15.9 Å². The zero-order valence-electron chi connectivity index (χ0n) is 9.66. The molecule has 0 amide bonds. The van der Waals surface area contributed by atoms with Crippen LogP contribution in [-0.2, 0) is 13.2 Å². The van der Waals surface area contributed by atoms with Gasteiger partial charge in [-0.25, -0.2) is 4.39 Å².